The molecule has 6 heteroatoms. The monoisotopic (exact) mass is 233 g/mol. The molecule has 0 aliphatic carbocycles. The van der Waals surface area contributed by atoms with Crippen LogP contribution in [0, 0.1) is 5.92 Å². The molecule has 6 nitrogen and oxygen atoms in total. The average Bonchev–Trinajstić information content (AvgIpc) is 2.79. The second-order valence-electron chi connectivity index (χ2n) is 4.06. The largest absolute Gasteiger partial charge is 0.294 e. The maximum Gasteiger partial charge on any atom is 0.238 e. The van der Waals surface area contributed by atoms with Crippen molar-refractivity contribution in [2.75, 3.05) is 0 Å². The maximum atomic E-state index is 11.5. The van der Waals surface area contributed by atoms with Crippen molar-refractivity contribution in [1.82, 2.24) is 20.4 Å². The molecule has 90 valence electrons. The minimum absolute atomic E-state index is 0.106. The molecule has 2 rings (SSSR count). The van der Waals surface area contributed by atoms with Crippen molar-refractivity contribution in [2.45, 2.75) is 19.9 Å². The third-order valence-electron chi connectivity index (χ3n) is 3.04. The second-order valence-corrected chi connectivity index (χ2v) is 4.06. The molecule has 0 radical (unpaired) electrons. The van der Waals surface area contributed by atoms with Gasteiger partial charge in [-0.3, -0.25) is 10.2 Å². The molecule has 1 aromatic heterocycles. The predicted octanol–water partition coefficient (Wildman–Crippen LogP) is 0.618. The topological polar surface area (TPSA) is 85.8 Å². The van der Waals surface area contributed by atoms with Crippen molar-refractivity contribution in [3.63, 3.8) is 0 Å². The van der Waals surface area contributed by atoms with Gasteiger partial charge in [0.2, 0.25) is 5.91 Å². The molecule has 0 fully saturated rings. The highest BCUT2D eigenvalue weighted by atomic mass is 16.2. The van der Waals surface area contributed by atoms with Crippen molar-refractivity contribution < 1.29 is 4.79 Å². The Labute approximate surface area is 98.8 Å². The number of hydrazine groups is 1. The minimum atomic E-state index is -0.273. The van der Waals surface area contributed by atoms with Gasteiger partial charge in [-0.1, -0.05) is 24.3 Å². The number of fused-ring (bicyclic) bond motifs is 1. The lowest BCUT2D eigenvalue weighted by Gasteiger charge is -2.18. The summed E-state index contributed by atoms with van der Waals surface area (Å²) in [6, 6.07) is 7.54. The number of nitrogens with two attached hydrogens (primary N) is 1. The summed E-state index contributed by atoms with van der Waals surface area (Å²) < 4.78 is 1.75. The Bertz CT molecular complexity index is 535. The fourth-order valence-electron chi connectivity index (χ4n) is 1.75. The van der Waals surface area contributed by atoms with E-state index in [9.17, 15) is 4.79 Å². The molecule has 0 aliphatic rings. The molecule has 3 N–H and O–H groups in total. The Kier molecular flexibility index (Phi) is 3.06. The number of carbonyl (C=O) groups is 1. The molecule has 1 amide bonds. The van der Waals surface area contributed by atoms with E-state index in [4.69, 9.17) is 5.84 Å². The summed E-state index contributed by atoms with van der Waals surface area (Å²) in [6.45, 7) is 3.73. The predicted molar refractivity (Wildman–Crippen MR) is 63.7 cm³/mol. The summed E-state index contributed by atoms with van der Waals surface area (Å²) in [5, 5.41) is 8.14. The van der Waals surface area contributed by atoms with E-state index in [1.165, 1.54) is 0 Å². The normalized spacial score (nSPS) is 14.5. The second kappa shape index (κ2) is 4.50. The third kappa shape index (κ3) is 1.99. The quantitative estimate of drug-likeness (QED) is 0.462. The van der Waals surface area contributed by atoms with Crippen molar-refractivity contribution in [2.24, 2.45) is 11.8 Å². The highest BCUT2D eigenvalue weighted by Crippen LogP contribution is 2.21. The van der Waals surface area contributed by atoms with Gasteiger partial charge in [-0.15, -0.1) is 5.10 Å². The number of hydrogen-bond donors (Lipinski definition) is 2. The van der Waals surface area contributed by atoms with Crippen LogP contribution < -0.4 is 11.3 Å². The highest BCUT2D eigenvalue weighted by Gasteiger charge is 2.23. The lowest BCUT2D eigenvalue weighted by molar-refractivity contribution is -0.125. The molecule has 0 spiro atoms. The van der Waals surface area contributed by atoms with E-state index < -0.39 is 0 Å². The molecular formula is C11H15N5O. The van der Waals surface area contributed by atoms with Crippen LogP contribution in [-0.2, 0) is 4.79 Å². The van der Waals surface area contributed by atoms with Crippen LogP contribution in [0.1, 0.15) is 19.9 Å². The number of para-hydroxylation sites is 1. The Balaban J connectivity index is 2.36. The third-order valence-corrected chi connectivity index (χ3v) is 3.04. The van der Waals surface area contributed by atoms with Crippen LogP contribution in [0.15, 0.2) is 24.3 Å². The van der Waals surface area contributed by atoms with E-state index in [2.05, 4.69) is 15.7 Å². The average molecular weight is 233 g/mol. The van der Waals surface area contributed by atoms with Gasteiger partial charge < -0.3 is 0 Å². The first-order chi connectivity index (χ1) is 8.15. The zero-order chi connectivity index (χ0) is 12.4. The van der Waals surface area contributed by atoms with Crippen molar-refractivity contribution in [1.29, 1.82) is 0 Å². The molecular weight excluding hydrogens is 218 g/mol. The number of hydrogen-bond acceptors (Lipinski definition) is 4. The first kappa shape index (κ1) is 11.5. The molecule has 17 heavy (non-hydrogen) atoms. The number of rotatable bonds is 3. The maximum absolute atomic E-state index is 11.5. The summed E-state index contributed by atoms with van der Waals surface area (Å²) in [4.78, 5) is 11.5. The van der Waals surface area contributed by atoms with Gasteiger partial charge in [-0.25, -0.2) is 10.5 Å². The van der Waals surface area contributed by atoms with Gasteiger partial charge in [0, 0.05) is 0 Å². The van der Waals surface area contributed by atoms with E-state index >= 15 is 0 Å². The smallest absolute Gasteiger partial charge is 0.238 e. The fraction of sp³-hybridized carbons (Fsp3) is 0.364. The van der Waals surface area contributed by atoms with Gasteiger partial charge >= 0.3 is 0 Å². The minimum Gasteiger partial charge on any atom is -0.294 e. The lowest BCUT2D eigenvalue weighted by atomic mass is 10.0. The number of amides is 1. The van der Waals surface area contributed by atoms with Gasteiger partial charge in [-0.2, -0.15) is 0 Å². The van der Waals surface area contributed by atoms with Gasteiger partial charge in [0.05, 0.1) is 17.5 Å². The Hall–Kier alpha value is -1.95. The highest BCUT2D eigenvalue weighted by molar-refractivity contribution is 5.79. The number of nitrogens with one attached hydrogen (secondary N) is 1. The van der Waals surface area contributed by atoms with E-state index in [0.717, 1.165) is 11.0 Å². The molecule has 0 saturated heterocycles. The number of aromatic nitrogens is 3. The Morgan fingerprint density at radius 1 is 1.41 bits per heavy atom. The van der Waals surface area contributed by atoms with Gasteiger partial charge in [0.15, 0.2) is 0 Å². The SMILES string of the molecule is CC(C(=O)NN)C(C)n1nnc2ccccc21. The summed E-state index contributed by atoms with van der Waals surface area (Å²) in [6.07, 6.45) is 0. The van der Waals surface area contributed by atoms with Crippen LogP contribution in [-0.4, -0.2) is 20.9 Å². The summed E-state index contributed by atoms with van der Waals surface area (Å²) >= 11 is 0. The first-order valence-electron chi connectivity index (χ1n) is 5.45. The number of carbonyl (C=O) groups excluding carboxylic acids is 1. The van der Waals surface area contributed by atoms with Crippen molar-refractivity contribution in [3.05, 3.63) is 24.3 Å². The summed E-state index contributed by atoms with van der Waals surface area (Å²) in [7, 11) is 0. The van der Waals surface area contributed by atoms with Crippen molar-refractivity contribution in [3.8, 4) is 0 Å². The van der Waals surface area contributed by atoms with Gasteiger partial charge in [0.25, 0.3) is 0 Å². The molecule has 0 saturated carbocycles. The zero-order valence-electron chi connectivity index (χ0n) is 9.79. The van der Waals surface area contributed by atoms with E-state index in [0.29, 0.717) is 0 Å². The molecule has 0 aliphatic heterocycles. The molecule has 2 unspecified atom stereocenters. The Morgan fingerprint density at radius 2 is 2.12 bits per heavy atom. The van der Waals surface area contributed by atoms with E-state index in [1.54, 1.807) is 4.68 Å². The fourth-order valence-corrected chi connectivity index (χ4v) is 1.75. The van der Waals surface area contributed by atoms with Crippen LogP contribution in [0.4, 0.5) is 0 Å². The molecule has 2 aromatic rings. The summed E-state index contributed by atoms with van der Waals surface area (Å²) in [5.74, 6) is 4.65. The van der Waals surface area contributed by atoms with Crippen LogP contribution in [0.25, 0.3) is 11.0 Å². The molecule has 2 atom stereocenters. The molecule has 0 bridgehead atoms. The van der Waals surface area contributed by atoms with Crippen LogP contribution in [0.3, 0.4) is 0 Å². The lowest BCUT2D eigenvalue weighted by Crippen LogP contribution is -2.38. The van der Waals surface area contributed by atoms with E-state index in [1.807, 2.05) is 38.1 Å². The van der Waals surface area contributed by atoms with Gasteiger partial charge in [0.1, 0.15) is 5.52 Å². The standard InChI is InChI=1S/C11H15N5O/c1-7(11(17)13-12)8(2)16-10-6-4-3-5-9(10)14-15-16/h3-8H,12H2,1-2H3,(H,13,17). The summed E-state index contributed by atoms with van der Waals surface area (Å²) in [5.41, 5.74) is 3.89. The molecule has 1 aromatic carbocycles. The van der Waals surface area contributed by atoms with Crippen LogP contribution in [0.2, 0.25) is 0 Å². The Morgan fingerprint density at radius 3 is 2.82 bits per heavy atom. The van der Waals surface area contributed by atoms with Crippen LogP contribution in [0.5, 0.6) is 0 Å². The van der Waals surface area contributed by atoms with E-state index in [-0.39, 0.29) is 17.9 Å². The molecule has 1 heterocycles. The number of benzene rings is 1. The van der Waals surface area contributed by atoms with Gasteiger partial charge in [-0.05, 0) is 19.1 Å². The first-order valence-corrected chi connectivity index (χ1v) is 5.45. The number of nitrogens with zero attached hydrogens (tertiary/aromatic N) is 3. The van der Waals surface area contributed by atoms with Crippen molar-refractivity contribution >= 4 is 16.9 Å². The van der Waals surface area contributed by atoms with Crippen LogP contribution >= 0.6 is 0 Å². The zero-order valence-corrected chi connectivity index (χ0v) is 9.79.